The minimum Gasteiger partial charge on any atom is -0.496 e. The standard InChI is InChI=1S/C21H23NO5/c1-4-15(22-20(24)16-7-5-6-8-17(16)21(22)25)9-13-10-19(27-3)14(12-23)11-18(13)26-2/h5-8,10-11,15,23H,4,9,12H2,1-3H3/t15-/m1/s1. The van der Waals surface area contributed by atoms with Crippen LogP contribution in [-0.4, -0.2) is 42.1 Å². The number of carbonyl (C=O) groups excluding carboxylic acids is 2. The summed E-state index contributed by atoms with van der Waals surface area (Å²) in [5.41, 5.74) is 2.32. The van der Waals surface area contributed by atoms with Crippen molar-refractivity contribution in [3.63, 3.8) is 0 Å². The summed E-state index contributed by atoms with van der Waals surface area (Å²) in [6.45, 7) is 1.77. The average molecular weight is 369 g/mol. The van der Waals surface area contributed by atoms with Gasteiger partial charge in [0.05, 0.1) is 32.0 Å². The Hall–Kier alpha value is -2.86. The lowest BCUT2D eigenvalue weighted by atomic mass is 9.99. The third kappa shape index (κ3) is 3.28. The maximum absolute atomic E-state index is 12.8. The Morgan fingerprint density at radius 1 is 0.963 bits per heavy atom. The number of hydrogen-bond donors (Lipinski definition) is 1. The number of carbonyl (C=O) groups is 2. The molecule has 1 aliphatic heterocycles. The van der Waals surface area contributed by atoms with Crippen LogP contribution in [0.5, 0.6) is 11.5 Å². The molecule has 0 fully saturated rings. The van der Waals surface area contributed by atoms with Crippen molar-refractivity contribution in [3.05, 3.63) is 58.7 Å². The van der Waals surface area contributed by atoms with E-state index >= 15 is 0 Å². The topological polar surface area (TPSA) is 76.1 Å². The number of hydrogen-bond acceptors (Lipinski definition) is 5. The Morgan fingerprint density at radius 3 is 1.96 bits per heavy atom. The van der Waals surface area contributed by atoms with Crippen molar-refractivity contribution < 1.29 is 24.2 Å². The monoisotopic (exact) mass is 369 g/mol. The van der Waals surface area contributed by atoms with Gasteiger partial charge in [-0.3, -0.25) is 14.5 Å². The normalized spacial score (nSPS) is 14.3. The summed E-state index contributed by atoms with van der Waals surface area (Å²) in [5.74, 6) is 0.612. The molecule has 1 atom stereocenters. The van der Waals surface area contributed by atoms with Gasteiger partial charge in [0.15, 0.2) is 0 Å². The third-order valence-electron chi connectivity index (χ3n) is 4.97. The molecule has 0 spiro atoms. The molecule has 0 aromatic heterocycles. The number of amides is 2. The molecule has 1 aliphatic rings. The largest absolute Gasteiger partial charge is 0.496 e. The zero-order valence-electron chi connectivity index (χ0n) is 15.7. The second kappa shape index (κ2) is 7.80. The van der Waals surface area contributed by atoms with Crippen molar-refractivity contribution in [2.75, 3.05) is 14.2 Å². The summed E-state index contributed by atoms with van der Waals surface area (Å²) < 4.78 is 10.8. The lowest BCUT2D eigenvalue weighted by Crippen LogP contribution is -2.40. The number of aliphatic hydroxyl groups is 1. The van der Waals surface area contributed by atoms with E-state index in [9.17, 15) is 14.7 Å². The van der Waals surface area contributed by atoms with Gasteiger partial charge in [0, 0.05) is 11.6 Å². The molecule has 27 heavy (non-hydrogen) atoms. The number of imide groups is 1. The van der Waals surface area contributed by atoms with Gasteiger partial charge in [-0.25, -0.2) is 0 Å². The van der Waals surface area contributed by atoms with E-state index in [0.29, 0.717) is 41.0 Å². The molecule has 0 aliphatic carbocycles. The molecule has 6 nitrogen and oxygen atoms in total. The lowest BCUT2D eigenvalue weighted by Gasteiger charge is -2.26. The lowest BCUT2D eigenvalue weighted by molar-refractivity contribution is 0.0579. The zero-order valence-corrected chi connectivity index (χ0v) is 15.7. The Kier molecular flexibility index (Phi) is 5.46. The quantitative estimate of drug-likeness (QED) is 0.760. The van der Waals surface area contributed by atoms with Crippen molar-refractivity contribution in [2.45, 2.75) is 32.4 Å². The van der Waals surface area contributed by atoms with Crippen molar-refractivity contribution >= 4 is 11.8 Å². The van der Waals surface area contributed by atoms with Crippen LogP contribution in [0.4, 0.5) is 0 Å². The van der Waals surface area contributed by atoms with Crippen molar-refractivity contribution in [1.82, 2.24) is 4.90 Å². The second-order valence-corrected chi connectivity index (χ2v) is 6.43. The van der Waals surface area contributed by atoms with Gasteiger partial charge < -0.3 is 14.6 Å². The Morgan fingerprint density at radius 2 is 1.48 bits per heavy atom. The van der Waals surface area contributed by atoms with E-state index in [-0.39, 0.29) is 24.5 Å². The molecule has 2 amide bonds. The zero-order chi connectivity index (χ0) is 19.6. The maximum atomic E-state index is 12.8. The molecule has 0 saturated carbocycles. The van der Waals surface area contributed by atoms with E-state index in [1.54, 1.807) is 43.5 Å². The Balaban J connectivity index is 1.95. The van der Waals surface area contributed by atoms with Gasteiger partial charge in [0.1, 0.15) is 11.5 Å². The van der Waals surface area contributed by atoms with E-state index in [4.69, 9.17) is 9.47 Å². The predicted molar refractivity (Wildman–Crippen MR) is 100 cm³/mol. The number of nitrogens with zero attached hydrogens (tertiary/aromatic N) is 1. The first kappa shape index (κ1) is 18.9. The van der Waals surface area contributed by atoms with Crippen LogP contribution >= 0.6 is 0 Å². The number of aliphatic hydroxyl groups excluding tert-OH is 1. The molecule has 2 aromatic rings. The van der Waals surface area contributed by atoms with Gasteiger partial charge in [-0.15, -0.1) is 0 Å². The van der Waals surface area contributed by atoms with Crippen molar-refractivity contribution in [1.29, 1.82) is 0 Å². The predicted octanol–water partition coefficient (Wildman–Crippen LogP) is 2.81. The maximum Gasteiger partial charge on any atom is 0.261 e. The van der Waals surface area contributed by atoms with Crippen LogP contribution in [0, 0.1) is 0 Å². The fourth-order valence-electron chi connectivity index (χ4n) is 3.52. The molecule has 0 saturated heterocycles. The highest BCUT2D eigenvalue weighted by atomic mass is 16.5. The average Bonchev–Trinajstić information content (AvgIpc) is 2.96. The molecule has 0 radical (unpaired) electrons. The van der Waals surface area contributed by atoms with E-state index in [1.807, 2.05) is 6.92 Å². The smallest absolute Gasteiger partial charge is 0.261 e. The summed E-state index contributed by atoms with van der Waals surface area (Å²) in [6, 6.07) is 10.1. The van der Waals surface area contributed by atoms with Crippen LogP contribution in [0.2, 0.25) is 0 Å². The van der Waals surface area contributed by atoms with E-state index in [0.717, 1.165) is 5.56 Å². The number of ether oxygens (including phenoxy) is 2. The SMILES string of the molecule is CC[C@H](Cc1cc(OC)c(CO)cc1OC)N1C(=O)c2ccccc2C1=O. The summed E-state index contributed by atoms with van der Waals surface area (Å²) in [7, 11) is 3.08. The van der Waals surface area contributed by atoms with Crippen LogP contribution < -0.4 is 9.47 Å². The first-order valence-electron chi connectivity index (χ1n) is 8.87. The summed E-state index contributed by atoms with van der Waals surface area (Å²) in [5, 5.41) is 9.50. The third-order valence-corrected chi connectivity index (χ3v) is 4.97. The molecule has 2 aromatic carbocycles. The summed E-state index contributed by atoms with van der Waals surface area (Å²) in [6.07, 6.45) is 1.05. The van der Waals surface area contributed by atoms with Crippen molar-refractivity contribution in [2.24, 2.45) is 0 Å². The van der Waals surface area contributed by atoms with Gasteiger partial charge in [0.25, 0.3) is 11.8 Å². The minimum absolute atomic E-state index is 0.171. The number of benzene rings is 2. The van der Waals surface area contributed by atoms with Crippen LogP contribution in [0.3, 0.4) is 0 Å². The highest BCUT2D eigenvalue weighted by molar-refractivity contribution is 6.21. The van der Waals surface area contributed by atoms with E-state index in [2.05, 4.69) is 0 Å². The highest BCUT2D eigenvalue weighted by Crippen LogP contribution is 2.33. The molecule has 142 valence electrons. The van der Waals surface area contributed by atoms with Gasteiger partial charge >= 0.3 is 0 Å². The number of fused-ring (bicyclic) bond motifs is 1. The van der Waals surface area contributed by atoms with Crippen molar-refractivity contribution in [3.8, 4) is 11.5 Å². The molecular formula is C21H23NO5. The second-order valence-electron chi connectivity index (χ2n) is 6.43. The number of methoxy groups -OCH3 is 2. The number of rotatable bonds is 7. The van der Waals surface area contributed by atoms with Crippen LogP contribution in [0.15, 0.2) is 36.4 Å². The first-order valence-corrected chi connectivity index (χ1v) is 8.87. The Labute approximate surface area is 158 Å². The molecule has 1 heterocycles. The Bertz CT molecular complexity index is 842. The van der Waals surface area contributed by atoms with E-state index < -0.39 is 0 Å². The summed E-state index contributed by atoms with van der Waals surface area (Å²) >= 11 is 0. The molecular weight excluding hydrogens is 346 g/mol. The van der Waals surface area contributed by atoms with Crippen LogP contribution in [0.25, 0.3) is 0 Å². The van der Waals surface area contributed by atoms with Crippen LogP contribution in [0.1, 0.15) is 45.2 Å². The van der Waals surface area contributed by atoms with Gasteiger partial charge in [-0.1, -0.05) is 19.1 Å². The molecule has 1 N–H and O–H groups in total. The fraction of sp³-hybridized carbons (Fsp3) is 0.333. The minimum atomic E-state index is -0.309. The fourth-order valence-corrected chi connectivity index (χ4v) is 3.52. The molecule has 6 heteroatoms. The molecule has 0 unspecified atom stereocenters. The van der Waals surface area contributed by atoms with Gasteiger partial charge in [-0.2, -0.15) is 0 Å². The highest BCUT2D eigenvalue weighted by Gasteiger charge is 2.39. The first-order chi connectivity index (χ1) is 13.0. The molecule has 3 rings (SSSR count). The van der Waals surface area contributed by atoms with Gasteiger partial charge in [0.2, 0.25) is 0 Å². The van der Waals surface area contributed by atoms with Gasteiger partial charge in [-0.05, 0) is 42.7 Å². The summed E-state index contributed by atoms with van der Waals surface area (Å²) in [4.78, 5) is 26.9. The molecule has 0 bridgehead atoms. The van der Waals surface area contributed by atoms with E-state index in [1.165, 1.54) is 12.0 Å². The van der Waals surface area contributed by atoms with Crippen LogP contribution in [-0.2, 0) is 13.0 Å².